The summed E-state index contributed by atoms with van der Waals surface area (Å²) < 4.78 is 5.98. The smallest absolute Gasteiger partial charge is 0.309 e. The summed E-state index contributed by atoms with van der Waals surface area (Å²) in [6.45, 7) is 6.13. The van der Waals surface area contributed by atoms with E-state index in [0.29, 0.717) is 0 Å². The molecule has 0 heterocycles. The molecule has 0 spiro atoms. The molecule has 0 bridgehead atoms. The van der Waals surface area contributed by atoms with Crippen LogP contribution in [-0.4, -0.2) is 5.97 Å². The Kier molecular flexibility index (Phi) is 4.28. The number of fused-ring (bicyclic) bond motifs is 1. The largest absolute Gasteiger partial charge is 0.454 e. The number of hydrogen-bond donors (Lipinski definition) is 0. The average molecular weight is 260 g/mol. The Balaban J connectivity index is 2.28. The summed E-state index contributed by atoms with van der Waals surface area (Å²) in [6.07, 6.45) is 4.74. The van der Waals surface area contributed by atoms with Gasteiger partial charge in [-0.1, -0.05) is 51.5 Å². The number of aryl methyl sites for hydroxylation is 1. The minimum atomic E-state index is -0.369. The first-order chi connectivity index (χ1) is 9.13. The summed E-state index contributed by atoms with van der Waals surface area (Å²) in [5.41, 5.74) is 2.20. The Morgan fingerprint density at radius 3 is 2.79 bits per heavy atom. The van der Waals surface area contributed by atoms with Crippen molar-refractivity contribution in [3.63, 3.8) is 0 Å². The molecule has 0 N–H and O–H groups in total. The van der Waals surface area contributed by atoms with E-state index >= 15 is 0 Å². The maximum absolute atomic E-state index is 12.2. The number of esters is 1. The SMILES string of the molecule is CCCC1(OC(=O)C(C)CC)CCc2ccccc21. The third-order valence-corrected chi connectivity index (χ3v) is 4.27. The van der Waals surface area contributed by atoms with Crippen LogP contribution < -0.4 is 0 Å². The molecule has 2 heteroatoms. The van der Waals surface area contributed by atoms with Gasteiger partial charge in [0.1, 0.15) is 5.60 Å². The van der Waals surface area contributed by atoms with Crippen LogP contribution in [0.25, 0.3) is 0 Å². The van der Waals surface area contributed by atoms with Crippen LogP contribution in [0.2, 0.25) is 0 Å². The Morgan fingerprint density at radius 2 is 2.11 bits per heavy atom. The molecule has 1 aromatic carbocycles. The third-order valence-electron chi connectivity index (χ3n) is 4.27. The van der Waals surface area contributed by atoms with Gasteiger partial charge in [-0.25, -0.2) is 0 Å². The van der Waals surface area contributed by atoms with Crippen molar-refractivity contribution in [1.29, 1.82) is 0 Å². The lowest BCUT2D eigenvalue weighted by molar-refractivity contribution is -0.166. The fourth-order valence-corrected chi connectivity index (χ4v) is 2.93. The molecule has 2 unspecified atom stereocenters. The van der Waals surface area contributed by atoms with Crippen molar-refractivity contribution in [2.45, 2.75) is 58.5 Å². The van der Waals surface area contributed by atoms with Gasteiger partial charge in [0.2, 0.25) is 0 Å². The second-order valence-electron chi connectivity index (χ2n) is 5.63. The van der Waals surface area contributed by atoms with E-state index in [-0.39, 0.29) is 17.5 Å². The van der Waals surface area contributed by atoms with Gasteiger partial charge in [-0.2, -0.15) is 0 Å². The van der Waals surface area contributed by atoms with E-state index in [1.807, 2.05) is 19.9 Å². The highest BCUT2D eigenvalue weighted by atomic mass is 16.6. The van der Waals surface area contributed by atoms with E-state index in [1.165, 1.54) is 11.1 Å². The Hall–Kier alpha value is -1.31. The second kappa shape index (κ2) is 5.77. The summed E-state index contributed by atoms with van der Waals surface area (Å²) in [7, 11) is 0. The highest BCUT2D eigenvalue weighted by Crippen LogP contribution is 2.43. The Morgan fingerprint density at radius 1 is 1.37 bits per heavy atom. The van der Waals surface area contributed by atoms with E-state index in [1.54, 1.807) is 0 Å². The van der Waals surface area contributed by atoms with Gasteiger partial charge >= 0.3 is 5.97 Å². The summed E-state index contributed by atoms with van der Waals surface area (Å²) in [5.74, 6) is -0.0610. The molecule has 2 rings (SSSR count). The molecule has 0 saturated carbocycles. The van der Waals surface area contributed by atoms with Crippen molar-refractivity contribution in [3.05, 3.63) is 35.4 Å². The highest BCUT2D eigenvalue weighted by molar-refractivity contribution is 5.72. The summed E-state index contributed by atoms with van der Waals surface area (Å²) >= 11 is 0. The molecular weight excluding hydrogens is 236 g/mol. The molecule has 2 atom stereocenters. The van der Waals surface area contributed by atoms with Crippen molar-refractivity contribution in [1.82, 2.24) is 0 Å². The molecule has 1 aromatic rings. The highest BCUT2D eigenvalue weighted by Gasteiger charge is 2.41. The molecule has 0 amide bonds. The molecule has 0 aliphatic heterocycles. The molecule has 1 aliphatic carbocycles. The van der Waals surface area contributed by atoms with Crippen molar-refractivity contribution in [2.75, 3.05) is 0 Å². The van der Waals surface area contributed by atoms with E-state index in [0.717, 1.165) is 32.1 Å². The van der Waals surface area contributed by atoms with Crippen molar-refractivity contribution < 1.29 is 9.53 Å². The second-order valence-corrected chi connectivity index (χ2v) is 5.63. The van der Waals surface area contributed by atoms with Crippen LogP contribution in [0, 0.1) is 5.92 Å². The van der Waals surface area contributed by atoms with Gasteiger partial charge in [0.05, 0.1) is 5.92 Å². The van der Waals surface area contributed by atoms with Crippen LogP contribution in [0.4, 0.5) is 0 Å². The van der Waals surface area contributed by atoms with E-state index in [4.69, 9.17) is 4.74 Å². The molecule has 0 fully saturated rings. The fourth-order valence-electron chi connectivity index (χ4n) is 2.93. The first kappa shape index (κ1) is 14.1. The minimum Gasteiger partial charge on any atom is -0.454 e. The van der Waals surface area contributed by atoms with Crippen LogP contribution in [0.15, 0.2) is 24.3 Å². The third kappa shape index (κ3) is 2.68. The van der Waals surface area contributed by atoms with Crippen LogP contribution in [0.1, 0.15) is 57.6 Å². The van der Waals surface area contributed by atoms with Crippen LogP contribution in [-0.2, 0) is 21.6 Å². The Labute approximate surface area is 116 Å². The molecule has 1 aliphatic rings. The summed E-state index contributed by atoms with van der Waals surface area (Å²) in [4.78, 5) is 12.2. The maximum Gasteiger partial charge on any atom is 0.309 e. The first-order valence-electron chi connectivity index (χ1n) is 7.44. The van der Waals surface area contributed by atoms with Crippen LogP contribution >= 0.6 is 0 Å². The maximum atomic E-state index is 12.2. The van der Waals surface area contributed by atoms with Crippen LogP contribution in [0.5, 0.6) is 0 Å². The van der Waals surface area contributed by atoms with Gasteiger partial charge in [-0.05, 0) is 36.8 Å². The summed E-state index contributed by atoms with van der Waals surface area (Å²) in [6, 6.07) is 8.40. The lowest BCUT2D eigenvalue weighted by Crippen LogP contribution is -2.32. The lowest BCUT2D eigenvalue weighted by atomic mass is 9.90. The molecule has 0 radical (unpaired) electrons. The van der Waals surface area contributed by atoms with Gasteiger partial charge in [0, 0.05) is 0 Å². The number of carbonyl (C=O) groups is 1. The van der Waals surface area contributed by atoms with Gasteiger partial charge in [0.25, 0.3) is 0 Å². The molecule has 104 valence electrons. The van der Waals surface area contributed by atoms with Gasteiger partial charge in [-0.15, -0.1) is 0 Å². The summed E-state index contributed by atoms with van der Waals surface area (Å²) in [5, 5.41) is 0. The quantitative estimate of drug-likeness (QED) is 0.741. The standard InChI is InChI=1S/C17H24O2/c1-4-11-17(19-16(18)13(3)5-2)12-10-14-8-6-7-9-15(14)17/h6-9,13H,4-5,10-12H2,1-3H3. The first-order valence-corrected chi connectivity index (χ1v) is 7.44. The van der Waals surface area contributed by atoms with Crippen molar-refractivity contribution in [3.8, 4) is 0 Å². The molecule has 0 saturated heterocycles. The molecule has 2 nitrogen and oxygen atoms in total. The van der Waals surface area contributed by atoms with Crippen molar-refractivity contribution >= 4 is 5.97 Å². The number of rotatable bonds is 5. The topological polar surface area (TPSA) is 26.3 Å². The van der Waals surface area contributed by atoms with E-state index in [9.17, 15) is 4.79 Å². The number of benzene rings is 1. The van der Waals surface area contributed by atoms with E-state index < -0.39 is 0 Å². The molecule has 19 heavy (non-hydrogen) atoms. The van der Waals surface area contributed by atoms with Gasteiger partial charge in [-0.3, -0.25) is 4.79 Å². The number of carbonyl (C=O) groups excluding carboxylic acids is 1. The fraction of sp³-hybridized carbons (Fsp3) is 0.588. The molecule has 0 aromatic heterocycles. The van der Waals surface area contributed by atoms with Crippen LogP contribution in [0.3, 0.4) is 0 Å². The zero-order chi connectivity index (χ0) is 13.9. The minimum absolute atomic E-state index is 0.0125. The predicted octanol–water partition coefficient (Wildman–Crippen LogP) is 4.22. The molecular formula is C17H24O2. The Bertz CT molecular complexity index is 448. The van der Waals surface area contributed by atoms with Crippen molar-refractivity contribution in [2.24, 2.45) is 5.92 Å². The van der Waals surface area contributed by atoms with Gasteiger partial charge in [0.15, 0.2) is 0 Å². The average Bonchev–Trinajstić information content (AvgIpc) is 2.78. The zero-order valence-electron chi connectivity index (χ0n) is 12.2. The number of hydrogen-bond acceptors (Lipinski definition) is 2. The van der Waals surface area contributed by atoms with Gasteiger partial charge < -0.3 is 4.74 Å². The number of ether oxygens (including phenoxy) is 1. The lowest BCUT2D eigenvalue weighted by Gasteiger charge is -2.31. The monoisotopic (exact) mass is 260 g/mol. The predicted molar refractivity (Wildman–Crippen MR) is 76.9 cm³/mol. The zero-order valence-corrected chi connectivity index (χ0v) is 12.2. The normalized spacial score (nSPS) is 22.9. The van der Waals surface area contributed by atoms with E-state index in [2.05, 4.69) is 25.1 Å².